The monoisotopic (exact) mass is 171 g/mol. The Morgan fingerprint density at radius 2 is 2.45 bits per heavy atom. The quantitative estimate of drug-likeness (QED) is 0.637. The maximum absolute atomic E-state index is 5.61. The van der Waals surface area contributed by atoms with Crippen LogP contribution in [0.4, 0.5) is 0 Å². The van der Waals surface area contributed by atoms with Crippen molar-refractivity contribution in [3.8, 4) is 0 Å². The molecule has 1 saturated heterocycles. The number of hydrogen-bond acceptors (Lipinski definition) is 3. The average molecular weight is 171 g/mol. The van der Waals surface area contributed by atoms with E-state index in [1.54, 1.807) is 0 Å². The first-order valence-electron chi connectivity index (χ1n) is 4.05. The molecule has 2 rings (SSSR count). The van der Waals surface area contributed by atoms with Gasteiger partial charge in [-0.1, -0.05) is 12.2 Å². The molecular weight excluding hydrogens is 158 g/mol. The fourth-order valence-electron chi connectivity index (χ4n) is 1.62. The molecule has 2 aliphatic heterocycles. The zero-order valence-electron chi connectivity index (χ0n) is 6.40. The summed E-state index contributed by atoms with van der Waals surface area (Å²) in [5.41, 5.74) is 5.43. The molecule has 2 bridgehead atoms. The third kappa shape index (κ3) is 1.45. The summed E-state index contributed by atoms with van der Waals surface area (Å²) in [4.78, 5) is 0. The van der Waals surface area contributed by atoms with E-state index in [4.69, 9.17) is 10.5 Å². The third-order valence-corrected chi connectivity index (χ3v) is 3.49. The molecule has 0 aromatic heterocycles. The molecule has 62 valence electrons. The molecule has 1 fully saturated rings. The molecule has 2 nitrogen and oxygen atoms in total. The van der Waals surface area contributed by atoms with Crippen LogP contribution in [0.2, 0.25) is 0 Å². The topological polar surface area (TPSA) is 35.2 Å². The Bertz CT molecular complexity index is 171. The SMILES string of the molecule is NCCSC1CC2C=CC1O2. The average Bonchev–Trinajstić information content (AvgIpc) is 2.60. The molecule has 2 N–H and O–H groups in total. The number of ether oxygens (including phenoxy) is 1. The first-order chi connectivity index (χ1) is 5.40. The van der Waals surface area contributed by atoms with Gasteiger partial charge >= 0.3 is 0 Å². The normalized spacial score (nSPS) is 40.3. The molecule has 0 aliphatic carbocycles. The highest BCUT2D eigenvalue weighted by atomic mass is 32.2. The van der Waals surface area contributed by atoms with Crippen LogP contribution in [0.25, 0.3) is 0 Å². The lowest BCUT2D eigenvalue weighted by Crippen LogP contribution is -2.17. The van der Waals surface area contributed by atoms with Crippen molar-refractivity contribution in [2.75, 3.05) is 12.3 Å². The minimum Gasteiger partial charge on any atom is -0.366 e. The summed E-state index contributed by atoms with van der Waals surface area (Å²) in [5, 5.41) is 0.675. The molecule has 0 aromatic rings. The number of nitrogens with two attached hydrogens (primary N) is 1. The highest BCUT2D eigenvalue weighted by Crippen LogP contribution is 2.35. The maximum atomic E-state index is 5.61. The van der Waals surface area contributed by atoms with E-state index >= 15 is 0 Å². The van der Waals surface area contributed by atoms with E-state index in [1.807, 2.05) is 11.8 Å². The summed E-state index contributed by atoms with van der Waals surface area (Å²) in [6.45, 7) is 0.780. The van der Waals surface area contributed by atoms with Crippen LogP contribution in [-0.2, 0) is 4.74 Å². The molecular formula is C8H13NOS. The molecule has 2 aliphatic rings. The number of hydrogen-bond donors (Lipinski definition) is 1. The van der Waals surface area contributed by atoms with Crippen LogP contribution in [0, 0.1) is 0 Å². The van der Waals surface area contributed by atoms with Crippen molar-refractivity contribution in [2.24, 2.45) is 5.73 Å². The van der Waals surface area contributed by atoms with Crippen molar-refractivity contribution in [3.05, 3.63) is 12.2 Å². The van der Waals surface area contributed by atoms with E-state index in [2.05, 4.69) is 12.2 Å². The van der Waals surface area contributed by atoms with Gasteiger partial charge in [0.1, 0.15) is 0 Å². The first kappa shape index (κ1) is 7.65. The van der Waals surface area contributed by atoms with Gasteiger partial charge < -0.3 is 10.5 Å². The van der Waals surface area contributed by atoms with Gasteiger partial charge in [0.05, 0.1) is 12.2 Å². The van der Waals surface area contributed by atoms with Gasteiger partial charge in [0, 0.05) is 17.5 Å². The molecule has 3 atom stereocenters. The second-order valence-corrected chi connectivity index (χ2v) is 4.30. The molecule has 0 spiro atoms. The summed E-state index contributed by atoms with van der Waals surface area (Å²) in [6, 6.07) is 0. The second kappa shape index (κ2) is 3.17. The van der Waals surface area contributed by atoms with Crippen LogP contribution in [-0.4, -0.2) is 29.8 Å². The smallest absolute Gasteiger partial charge is 0.0884 e. The van der Waals surface area contributed by atoms with Crippen LogP contribution in [0.1, 0.15) is 6.42 Å². The fourth-order valence-corrected chi connectivity index (χ4v) is 2.73. The standard InChI is InChI=1S/C8H13NOS/c9-3-4-11-8-5-6-1-2-7(8)10-6/h1-2,6-8H,3-5,9H2. The molecule has 0 saturated carbocycles. The first-order valence-corrected chi connectivity index (χ1v) is 5.10. The van der Waals surface area contributed by atoms with Crippen LogP contribution >= 0.6 is 11.8 Å². The predicted octanol–water partition coefficient (Wildman–Crippen LogP) is 0.774. The van der Waals surface area contributed by atoms with Crippen molar-refractivity contribution in [1.82, 2.24) is 0 Å². The van der Waals surface area contributed by atoms with Crippen molar-refractivity contribution < 1.29 is 4.74 Å². The van der Waals surface area contributed by atoms with Gasteiger partial charge in [0.25, 0.3) is 0 Å². The van der Waals surface area contributed by atoms with Crippen molar-refractivity contribution >= 4 is 11.8 Å². The molecule has 0 aromatic carbocycles. The largest absolute Gasteiger partial charge is 0.366 e. The van der Waals surface area contributed by atoms with Gasteiger partial charge in [-0.05, 0) is 6.42 Å². The Kier molecular flexibility index (Phi) is 2.20. The number of thioether (sulfide) groups is 1. The van der Waals surface area contributed by atoms with Gasteiger partial charge in [0.15, 0.2) is 0 Å². The number of rotatable bonds is 3. The lowest BCUT2D eigenvalue weighted by Gasteiger charge is -2.13. The lowest BCUT2D eigenvalue weighted by atomic mass is 10.1. The van der Waals surface area contributed by atoms with E-state index in [1.165, 1.54) is 6.42 Å². The summed E-state index contributed by atoms with van der Waals surface area (Å²) >= 11 is 1.95. The second-order valence-electron chi connectivity index (χ2n) is 2.96. The fraction of sp³-hybridized carbons (Fsp3) is 0.750. The van der Waals surface area contributed by atoms with Crippen molar-refractivity contribution in [1.29, 1.82) is 0 Å². The van der Waals surface area contributed by atoms with E-state index in [-0.39, 0.29) is 0 Å². The van der Waals surface area contributed by atoms with E-state index in [0.717, 1.165) is 12.3 Å². The summed E-state index contributed by atoms with van der Waals surface area (Å²) in [6.07, 6.45) is 6.34. The summed E-state index contributed by atoms with van der Waals surface area (Å²) in [5.74, 6) is 1.06. The van der Waals surface area contributed by atoms with Gasteiger partial charge in [-0.25, -0.2) is 0 Å². The third-order valence-electron chi connectivity index (χ3n) is 2.13. The van der Waals surface area contributed by atoms with Gasteiger partial charge in [-0.3, -0.25) is 0 Å². The summed E-state index contributed by atoms with van der Waals surface area (Å²) in [7, 11) is 0. The maximum Gasteiger partial charge on any atom is 0.0884 e. The van der Waals surface area contributed by atoms with Crippen molar-refractivity contribution in [3.63, 3.8) is 0 Å². The van der Waals surface area contributed by atoms with Crippen molar-refractivity contribution in [2.45, 2.75) is 23.9 Å². The minimum absolute atomic E-state index is 0.386. The predicted molar refractivity (Wildman–Crippen MR) is 47.7 cm³/mol. The zero-order valence-corrected chi connectivity index (χ0v) is 7.22. The molecule has 2 heterocycles. The Morgan fingerprint density at radius 1 is 1.55 bits per heavy atom. The highest BCUT2D eigenvalue weighted by Gasteiger charge is 2.36. The Balaban J connectivity index is 1.84. The molecule has 0 radical (unpaired) electrons. The molecule has 0 amide bonds. The number of fused-ring (bicyclic) bond motifs is 2. The van der Waals surface area contributed by atoms with Gasteiger partial charge in [-0.15, -0.1) is 0 Å². The van der Waals surface area contributed by atoms with Gasteiger partial charge in [-0.2, -0.15) is 11.8 Å². The molecule has 3 heteroatoms. The van der Waals surface area contributed by atoms with E-state index < -0.39 is 0 Å². The van der Waals surface area contributed by atoms with E-state index in [0.29, 0.717) is 17.5 Å². The molecule has 11 heavy (non-hydrogen) atoms. The van der Waals surface area contributed by atoms with Gasteiger partial charge in [0.2, 0.25) is 0 Å². The lowest BCUT2D eigenvalue weighted by molar-refractivity contribution is 0.121. The Labute approximate surface area is 71.2 Å². The van der Waals surface area contributed by atoms with Crippen LogP contribution in [0.3, 0.4) is 0 Å². The van der Waals surface area contributed by atoms with E-state index in [9.17, 15) is 0 Å². The summed E-state index contributed by atoms with van der Waals surface area (Å²) < 4.78 is 5.61. The molecule has 3 unspecified atom stereocenters. The zero-order chi connectivity index (χ0) is 7.68. The Hall–Kier alpha value is 0.01000. The minimum atomic E-state index is 0.386. The van der Waals surface area contributed by atoms with Crippen LogP contribution in [0.5, 0.6) is 0 Å². The van der Waals surface area contributed by atoms with Crippen LogP contribution in [0.15, 0.2) is 12.2 Å². The Morgan fingerprint density at radius 3 is 3.00 bits per heavy atom. The van der Waals surface area contributed by atoms with Crippen LogP contribution < -0.4 is 5.73 Å². The highest BCUT2D eigenvalue weighted by molar-refractivity contribution is 8.00.